The van der Waals surface area contributed by atoms with E-state index in [1.54, 1.807) is 0 Å². The number of hydrogen-bond acceptors (Lipinski definition) is 8. The smallest absolute Gasteiger partial charge is 0.322 e. The zero-order valence-corrected chi connectivity index (χ0v) is 18.2. The van der Waals surface area contributed by atoms with Crippen molar-refractivity contribution in [1.82, 2.24) is 25.6 Å². The molecule has 2 atom stereocenters. The maximum Gasteiger partial charge on any atom is 0.322 e. The summed E-state index contributed by atoms with van der Waals surface area (Å²) in [7, 11) is 1.53. The molecule has 166 valence electrons. The summed E-state index contributed by atoms with van der Waals surface area (Å²) in [5.74, 6) is 1.02. The standard InChI is InChI=1S/C20H33N7O3/c1-4-21-16(28)14-8-6-10-26(12-14)18-23-19(25-20(24-18)30-3)27-11-7-9-15(13-27)17(29)22-5-2/h14-15H,4-13H2,1-3H3,(H,21,28)(H,22,29)/t14-,15+. The van der Waals surface area contributed by atoms with Gasteiger partial charge in [0.2, 0.25) is 23.7 Å². The van der Waals surface area contributed by atoms with Crippen LogP contribution in [0.5, 0.6) is 6.01 Å². The number of rotatable bonds is 7. The largest absolute Gasteiger partial charge is 0.467 e. The molecule has 2 aliphatic heterocycles. The highest BCUT2D eigenvalue weighted by Gasteiger charge is 2.30. The maximum absolute atomic E-state index is 12.3. The zero-order chi connectivity index (χ0) is 21.5. The first-order chi connectivity index (χ1) is 14.5. The molecule has 0 unspecified atom stereocenters. The van der Waals surface area contributed by atoms with Crippen LogP contribution < -0.4 is 25.2 Å². The van der Waals surface area contributed by atoms with Gasteiger partial charge in [0.05, 0.1) is 18.9 Å². The van der Waals surface area contributed by atoms with Crippen LogP contribution in [0.25, 0.3) is 0 Å². The predicted molar refractivity (Wildman–Crippen MR) is 114 cm³/mol. The molecule has 3 rings (SSSR count). The Morgan fingerprint density at radius 1 is 0.900 bits per heavy atom. The topological polar surface area (TPSA) is 113 Å². The molecule has 2 amide bonds. The molecule has 3 heterocycles. The molecular formula is C20H33N7O3. The van der Waals surface area contributed by atoms with E-state index >= 15 is 0 Å². The Kier molecular flexibility index (Phi) is 7.64. The van der Waals surface area contributed by atoms with Crippen LogP contribution in [0.1, 0.15) is 39.5 Å². The molecule has 0 aliphatic carbocycles. The number of nitrogens with one attached hydrogen (secondary N) is 2. The predicted octanol–water partition coefficient (Wildman–Crippen LogP) is 0.585. The number of aromatic nitrogens is 3. The number of amides is 2. The second kappa shape index (κ2) is 10.4. The van der Waals surface area contributed by atoms with Gasteiger partial charge in [-0.25, -0.2) is 0 Å². The lowest BCUT2D eigenvalue weighted by Gasteiger charge is -2.34. The van der Waals surface area contributed by atoms with Crippen molar-refractivity contribution in [2.24, 2.45) is 11.8 Å². The van der Waals surface area contributed by atoms with Crippen molar-refractivity contribution >= 4 is 23.7 Å². The molecule has 2 N–H and O–H groups in total. The molecule has 2 saturated heterocycles. The summed E-state index contributed by atoms with van der Waals surface area (Å²) in [6, 6.07) is 0.246. The van der Waals surface area contributed by atoms with E-state index in [9.17, 15) is 9.59 Å². The Hall–Kier alpha value is -2.65. The Morgan fingerprint density at radius 3 is 1.77 bits per heavy atom. The number of piperidine rings is 2. The van der Waals surface area contributed by atoms with E-state index in [0.29, 0.717) is 38.1 Å². The minimum absolute atomic E-state index is 0.0734. The fourth-order valence-electron chi connectivity index (χ4n) is 4.09. The van der Waals surface area contributed by atoms with Gasteiger partial charge in [-0.1, -0.05) is 0 Å². The van der Waals surface area contributed by atoms with Gasteiger partial charge < -0.3 is 25.2 Å². The Bertz CT molecular complexity index is 689. The van der Waals surface area contributed by atoms with Crippen LogP contribution in [0.3, 0.4) is 0 Å². The van der Waals surface area contributed by atoms with E-state index in [0.717, 1.165) is 38.8 Å². The van der Waals surface area contributed by atoms with Crippen LogP contribution in [0.4, 0.5) is 11.9 Å². The van der Waals surface area contributed by atoms with E-state index < -0.39 is 0 Å². The van der Waals surface area contributed by atoms with E-state index in [1.807, 2.05) is 23.6 Å². The zero-order valence-electron chi connectivity index (χ0n) is 18.2. The molecule has 1 aromatic rings. The van der Waals surface area contributed by atoms with E-state index in [-0.39, 0.29) is 29.7 Å². The highest BCUT2D eigenvalue weighted by Crippen LogP contribution is 2.26. The van der Waals surface area contributed by atoms with Crippen LogP contribution in [0.15, 0.2) is 0 Å². The number of anilines is 2. The molecule has 10 nitrogen and oxygen atoms in total. The van der Waals surface area contributed by atoms with Gasteiger partial charge in [0, 0.05) is 39.3 Å². The van der Waals surface area contributed by atoms with Crippen LogP contribution >= 0.6 is 0 Å². The molecule has 0 radical (unpaired) electrons. The van der Waals surface area contributed by atoms with E-state index in [2.05, 4.69) is 20.6 Å². The van der Waals surface area contributed by atoms with Crippen LogP contribution in [-0.2, 0) is 9.59 Å². The Morgan fingerprint density at radius 2 is 1.37 bits per heavy atom. The van der Waals surface area contributed by atoms with Crippen LogP contribution in [0, 0.1) is 11.8 Å². The van der Waals surface area contributed by atoms with Gasteiger partial charge in [0.1, 0.15) is 0 Å². The van der Waals surface area contributed by atoms with Crippen LogP contribution in [0.2, 0.25) is 0 Å². The monoisotopic (exact) mass is 419 g/mol. The summed E-state index contributed by atoms with van der Waals surface area (Å²) < 4.78 is 5.33. The molecule has 0 saturated carbocycles. The lowest BCUT2D eigenvalue weighted by atomic mass is 9.97. The molecule has 2 fully saturated rings. The van der Waals surface area contributed by atoms with Gasteiger partial charge in [-0.3, -0.25) is 9.59 Å². The minimum atomic E-state index is -0.0815. The first-order valence-electron chi connectivity index (χ1n) is 10.9. The molecule has 1 aromatic heterocycles. The Balaban J connectivity index is 1.78. The van der Waals surface area contributed by atoms with Crippen molar-refractivity contribution in [3.8, 4) is 6.01 Å². The van der Waals surface area contributed by atoms with Crippen molar-refractivity contribution in [2.45, 2.75) is 39.5 Å². The summed E-state index contributed by atoms with van der Waals surface area (Å²) in [5, 5.41) is 5.82. The van der Waals surface area contributed by atoms with Gasteiger partial charge in [0.15, 0.2) is 0 Å². The molecular weight excluding hydrogens is 386 g/mol. The van der Waals surface area contributed by atoms with E-state index in [4.69, 9.17) is 9.72 Å². The fraction of sp³-hybridized carbons (Fsp3) is 0.750. The minimum Gasteiger partial charge on any atom is -0.467 e. The number of methoxy groups -OCH3 is 1. The van der Waals surface area contributed by atoms with Crippen LogP contribution in [-0.4, -0.2) is 73.1 Å². The number of nitrogens with zero attached hydrogens (tertiary/aromatic N) is 5. The Labute approximate surface area is 177 Å². The van der Waals surface area contributed by atoms with Crippen molar-refractivity contribution < 1.29 is 14.3 Å². The first-order valence-corrected chi connectivity index (χ1v) is 10.9. The third kappa shape index (κ3) is 5.28. The third-order valence-electron chi connectivity index (χ3n) is 5.63. The second-order valence-electron chi connectivity index (χ2n) is 7.78. The van der Waals surface area contributed by atoms with Gasteiger partial charge in [-0.05, 0) is 39.5 Å². The quantitative estimate of drug-likeness (QED) is 0.660. The van der Waals surface area contributed by atoms with Gasteiger partial charge in [-0.15, -0.1) is 0 Å². The summed E-state index contributed by atoms with van der Waals surface area (Å²) >= 11 is 0. The number of carbonyl (C=O) groups is 2. The molecule has 30 heavy (non-hydrogen) atoms. The fourth-order valence-corrected chi connectivity index (χ4v) is 4.09. The van der Waals surface area contributed by atoms with Crippen molar-refractivity contribution in [3.63, 3.8) is 0 Å². The average molecular weight is 420 g/mol. The second-order valence-corrected chi connectivity index (χ2v) is 7.78. The van der Waals surface area contributed by atoms with Gasteiger partial charge >= 0.3 is 6.01 Å². The van der Waals surface area contributed by atoms with Crippen molar-refractivity contribution in [2.75, 3.05) is 56.2 Å². The summed E-state index contributed by atoms with van der Waals surface area (Å²) in [6.45, 7) is 7.80. The van der Waals surface area contributed by atoms with Crippen molar-refractivity contribution in [1.29, 1.82) is 0 Å². The SMILES string of the molecule is CCNC(=O)[C@@H]1CCCN(c2nc(OC)nc(N3CCC[C@H](C(=O)NCC)C3)n2)C1. The molecule has 0 spiro atoms. The summed E-state index contributed by atoms with van der Waals surface area (Å²) in [4.78, 5) is 42.2. The molecule has 0 aromatic carbocycles. The highest BCUT2D eigenvalue weighted by molar-refractivity contribution is 5.80. The van der Waals surface area contributed by atoms with Crippen molar-refractivity contribution in [3.05, 3.63) is 0 Å². The average Bonchev–Trinajstić information content (AvgIpc) is 2.79. The lowest BCUT2D eigenvalue weighted by Crippen LogP contribution is -2.45. The number of carbonyl (C=O) groups excluding carboxylic acids is 2. The summed E-state index contributed by atoms with van der Waals surface area (Å²) in [6.07, 6.45) is 3.51. The molecule has 0 bridgehead atoms. The van der Waals surface area contributed by atoms with Gasteiger partial charge in [-0.2, -0.15) is 15.0 Å². The van der Waals surface area contributed by atoms with E-state index in [1.165, 1.54) is 7.11 Å². The normalized spacial score (nSPS) is 21.8. The first kappa shape index (κ1) is 22.0. The highest BCUT2D eigenvalue weighted by atomic mass is 16.5. The summed E-state index contributed by atoms with van der Waals surface area (Å²) in [5.41, 5.74) is 0. The number of hydrogen-bond donors (Lipinski definition) is 2. The number of ether oxygens (including phenoxy) is 1. The molecule has 10 heteroatoms. The van der Waals surface area contributed by atoms with Gasteiger partial charge in [0.25, 0.3) is 0 Å². The maximum atomic E-state index is 12.3. The molecule has 2 aliphatic rings. The third-order valence-corrected chi connectivity index (χ3v) is 5.63. The lowest BCUT2D eigenvalue weighted by molar-refractivity contribution is -0.125.